The number of H-pyrrole nitrogens is 1. The van der Waals surface area contributed by atoms with Crippen molar-refractivity contribution in [2.75, 3.05) is 44.7 Å². The van der Waals surface area contributed by atoms with Crippen LogP contribution in [0.2, 0.25) is 0 Å². The number of aromatic amines is 1. The standard InChI is InChI=1S/C23H26N6OS/c1-2-17(4-5-18-6-13-31-16-18)14-19(3-1)21-20-15-25-23(26-22(20)28-27-21)24-7-8-29-9-11-30-12-10-29/h1-3,6,13-16H,4-5,7-12H2,(H2,24,25,26,27,28). The summed E-state index contributed by atoms with van der Waals surface area (Å²) in [4.78, 5) is 11.5. The average Bonchev–Trinajstić information content (AvgIpc) is 3.48. The Labute approximate surface area is 185 Å². The summed E-state index contributed by atoms with van der Waals surface area (Å²) < 4.78 is 5.39. The van der Waals surface area contributed by atoms with Crippen LogP contribution in [0, 0.1) is 0 Å². The maximum absolute atomic E-state index is 5.39. The van der Waals surface area contributed by atoms with E-state index >= 15 is 0 Å². The molecule has 0 saturated carbocycles. The summed E-state index contributed by atoms with van der Waals surface area (Å²) >= 11 is 1.75. The predicted octanol–water partition coefficient (Wildman–Crippen LogP) is 3.61. The third-order valence-electron chi connectivity index (χ3n) is 5.62. The Morgan fingerprint density at radius 1 is 1.13 bits per heavy atom. The van der Waals surface area contributed by atoms with Gasteiger partial charge in [-0.1, -0.05) is 18.2 Å². The number of fused-ring (bicyclic) bond motifs is 1. The van der Waals surface area contributed by atoms with Gasteiger partial charge in [0.15, 0.2) is 5.65 Å². The fourth-order valence-electron chi connectivity index (χ4n) is 3.87. The quantitative estimate of drug-likeness (QED) is 0.441. The molecule has 31 heavy (non-hydrogen) atoms. The molecule has 5 rings (SSSR count). The van der Waals surface area contributed by atoms with Crippen LogP contribution >= 0.6 is 11.3 Å². The van der Waals surface area contributed by atoms with Crippen molar-refractivity contribution in [1.82, 2.24) is 25.1 Å². The SMILES string of the molecule is c1cc(CCc2ccsc2)cc(-c2[nH]nc3nc(NCCN4CCOCC4)ncc23)c1. The van der Waals surface area contributed by atoms with Crippen LogP contribution in [0.15, 0.2) is 47.3 Å². The molecule has 1 aliphatic heterocycles. The molecule has 4 aromatic rings. The van der Waals surface area contributed by atoms with Crippen LogP contribution < -0.4 is 5.32 Å². The molecule has 7 nitrogen and oxygen atoms in total. The van der Waals surface area contributed by atoms with E-state index in [1.54, 1.807) is 11.3 Å². The van der Waals surface area contributed by atoms with Crippen molar-refractivity contribution in [3.05, 3.63) is 58.4 Å². The zero-order valence-corrected chi connectivity index (χ0v) is 18.2. The first kappa shape index (κ1) is 20.1. The van der Waals surface area contributed by atoms with Crippen LogP contribution in [0.4, 0.5) is 5.95 Å². The normalized spacial score (nSPS) is 14.8. The number of thiophene rings is 1. The van der Waals surface area contributed by atoms with Gasteiger partial charge in [0, 0.05) is 37.9 Å². The highest BCUT2D eigenvalue weighted by atomic mass is 32.1. The smallest absolute Gasteiger partial charge is 0.224 e. The molecule has 1 aromatic carbocycles. The zero-order valence-electron chi connectivity index (χ0n) is 17.4. The number of hydrogen-bond acceptors (Lipinski definition) is 7. The zero-order chi connectivity index (χ0) is 20.9. The third-order valence-corrected chi connectivity index (χ3v) is 6.36. The Balaban J connectivity index is 1.25. The first-order valence-corrected chi connectivity index (χ1v) is 11.6. The Bertz CT molecular complexity index is 1120. The molecule has 0 amide bonds. The Kier molecular flexibility index (Phi) is 6.20. The highest BCUT2D eigenvalue weighted by Crippen LogP contribution is 2.26. The Hall–Kier alpha value is -2.81. The van der Waals surface area contributed by atoms with E-state index in [1.807, 2.05) is 6.20 Å². The van der Waals surface area contributed by atoms with Crippen LogP contribution in [-0.4, -0.2) is 64.5 Å². The maximum Gasteiger partial charge on any atom is 0.224 e. The second-order valence-electron chi connectivity index (χ2n) is 7.74. The van der Waals surface area contributed by atoms with Gasteiger partial charge in [0.1, 0.15) is 0 Å². The number of ether oxygens (including phenoxy) is 1. The van der Waals surface area contributed by atoms with Gasteiger partial charge in [-0.25, -0.2) is 4.98 Å². The van der Waals surface area contributed by atoms with Gasteiger partial charge in [-0.3, -0.25) is 10.00 Å². The lowest BCUT2D eigenvalue weighted by molar-refractivity contribution is 0.0398. The van der Waals surface area contributed by atoms with Gasteiger partial charge < -0.3 is 10.1 Å². The number of nitrogens with zero attached hydrogens (tertiary/aromatic N) is 4. The van der Waals surface area contributed by atoms with Crippen molar-refractivity contribution < 1.29 is 4.74 Å². The summed E-state index contributed by atoms with van der Waals surface area (Å²) in [6.07, 6.45) is 3.93. The molecular weight excluding hydrogens is 408 g/mol. The predicted molar refractivity (Wildman–Crippen MR) is 125 cm³/mol. The van der Waals surface area contributed by atoms with Crippen LogP contribution in [0.3, 0.4) is 0 Å². The minimum Gasteiger partial charge on any atom is -0.379 e. The molecule has 0 spiro atoms. The summed E-state index contributed by atoms with van der Waals surface area (Å²) in [6.45, 7) is 5.35. The summed E-state index contributed by atoms with van der Waals surface area (Å²) in [5.41, 5.74) is 5.47. The van der Waals surface area contributed by atoms with E-state index in [1.165, 1.54) is 11.1 Å². The minimum absolute atomic E-state index is 0.614. The van der Waals surface area contributed by atoms with Crippen LogP contribution in [0.5, 0.6) is 0 Å². The highest BCUT2D eigenvalue weighted by molar-refractivity contribution is 7.07. The monoisotopic (exact) mass is 434 g/mol. The molecule has 0 radical (unpaired) electrons. The van der Waals surface area contributed by atoms with Crippen LogP contribution in [0.25, 0.3) is 22.3 Å². The fourth-order valence-corrected chi connectivity index (χ4v) is 4.57. The highest BCUT2D eigenvalue weighted by Gasteiger charge is 2.12. The second-order valence-corrected chi connectivity index (χ2v) is 8.52. The van der Waals surface area contributed by atoms with Gasteiger partial charge in [-0.05, 0) is 46.9 Å². The molecular formula is C23H26N6OS. The fraction of sp³-hybridized carbons (Fsp3) is 0.348. The maximum atomic E-state index is 5.39. The van der Waals surface area contributed by atoms with Crippen LogP contribution in [0.1, 0.15) is 11.1 Å². The second kappa shape index (κ2) is 9.55. The van der Waals surface area contributed by atoms with Crippen LogP contribution in [-0.2, 0) is 17.6 Å². The van der Waals surface area contributed by atoms with Crippen molar-refractivity contribution in [2.24, 2.45) is 0 Å². The van der Waals surface area contributed by atoms with Crippen molar-refractivity contribution in [1.29, 1.82) is 0 Å². The molecule has 1 saturated heterocycles. The first-order valence-electron chi connectivity index (χ1n) is 10.7. The van der Waals surface area contributed by atoms with E-state index in [2.05, 4.69) is 71.5 Å². The Morgan fingerprint density at radius 3 is 2.90 bits per heavy atom. The van der Waals surface area contributed by atoms with Gasteiger partial charge in [0.05, 0.1) is 24.3 Å². The number of aryl methyl sites for hydroxylation is 2. The largest absolute Gasteiger partial charge is 0.379 e. The lowest BCUT2D eigenvalue weighted by Gasteiger charge is -2.26. The molecule has 3 aromatic heterocycles. The van der Waals surface area contributed by atoms with Gasteiger partial charge in [-0.2, -0.15) is 21.4 Å². The molecule has 4 heterocycles. The van der Waals surface area contributed by atoms with Gasteiger partial charge in [-0.15, -0.1) is 0 Å². The number of anilines is 1. The number of morpholine rings is 1. The molecule has 2 N–H and O–H groups in total. The molecule has 0 aliphatic carbocycles. The van der Waals surface area contributed by atoms with E-state index in [0.717, 1.165) is 68.9 Å². The van der Waals surface area contributed by atoms with Crippen molar-refractivity contribution >= 4 is 28.3 Å². The third kappa shape index (κ3) is 4.92. The molecule has 160 valence electrons. The van der Waals surface area contributed by atoms with E-state index < -0.39 is 0 Å². The van der Waals surface area contributed by atoms with Gasteiger partial charge in [0.2, 0.25) is 5.95 Å². The van der Waals surface area contributed by atoms with Crippen molar-refractivity contribution in [3.63, 3.8) is 0 Å². The summed E-state index contributed by atoms with van der Waals surface area (Å²) in [7, 11) is 0. The van der Waals surface area contributed by atoms with E-state index in [4.69, 9.17) is 4.74 Å². The summed E-state index contributed by atoms with van der Waals surface area (Å²) in [6, 6.07) is 10.8. The van der Waals surface area contributed by atoms with Crippen molar-refractivity contribution in [2.45, 2.75) is 12.8 Å². The first-order chi connectivity index (χ1) is 15.3. The number of rotatable bonds is 8. The Morgan fingerprint density at radius 2 is 2.03 bits per heavy atom. The number of benzene rings is 1. The van der Waals surface area contributed by atoms with E-state index in [9.17, 15) is 0 Å². The summed E-state index contributed by atoms with van der Waals surface area (Å²) in [5, 5.41) is 16.2. The van der Waals surface area contributed by atoms with E-state index in [-0.39, 0.29) is 0 Å². The van der Waals surface area contributed by atoms with Crippen molar-refractivity contribution in [3.8, 4) is 11.3 Å². The molecule has 0 atom stereocenters. The lowest BCUT2D eigenvalue weighted by atomic mass is 10.0. The molecule has 0 bridgehead atoms. The van der Waals surface area contributed by atoms with E-state index in [0.29, 0.717) is 11.6 Å². The average molecular weight is 435 g/mol. The molecule has 8 heteroatoms. The van der Waals surface area contributed by atoms with Gasteiger partial charge >= 0.3 is 0 Å². The minimum atomic E-state index is 0.614. The number of nitrogens with one attached hydrogen (secondary N) is 2. The molecule has 1 aliphatic rings. The number of hydrogen-bond donors (Lipinski definition) is 2. The topological polar surface area (TPSA) is 79.0 Å². The number of aromatic nitrogens is 4. The lowest BCUT2D eigenvalue weighted by Crippen LogP contribution is -2.39. The van der Waals surface area contributed by atoms with Gasteiger partial charge in [0.25, 0.3) is 0 Å². The summed E-state index contributed by atoms with van der Waals surface area (Å²) in [5.74, 6) is 0.614. The molecule has 1 fully saturated rings. The molecule has 0 unspecified atom stereocenters.